The molecule has 1 aliphatic heterocycles. The van der Waals surface area contributed by atoms with E-state index in [2.05, 4.69) is 23.5 Å². The zero-order valence-corrected chi connectivity index (χ0v) is 17.9. The third kappa shape index (κ3) is 6.74. The number of halogens is 3. The Kier molecular flexibility index (Phi) is 9.81. The number of aliphatic imine (C=N–C) groups is 1. The maximum absolute atomic E-state index is 13.0. The molecule has 4 nitrogen and oxygen atoms in total. The number of rotatable bonds is 3. The van der Waals surface area contributed by atoms with E-state index in [1.807, 2.05) is 31.2 Å². The number of thioether (sulfide) groups is 1. The summed E-state index contributed by atoms with van der Waals surface area (Å²) in [5.74, 6) is 0.0594. The molecule has 0 aliphatic carbocycles. The molecule has 1 heterocycles. The molecule has 0 fully saturated rings. The molecular formula is C22H25F3N2O2S. The van der Waals surface area contributed by atoms with E-state index < -0.39 is 23.7 Å². The third-order valence-corrected chi connectivity index (χ3v) is 5.16. The number of amides is 1. The van der Waals surface area contributed by atoms with Gasteiger partial charge in [-0.2, -0.15) is 13.2 Å². The molecule has 3 rings (SSSR count). The number of anilines is 1. The predicted molar refractivity (Wildman–Crippen MR) is 118 cm³/mol. The molecule has 1 amide bonds. The van der Waals surface area contributed by atoms with Crippen LogP contribution >= 0.6 is 11.8 Å². The van der Waals surface area contributed by atoms with Gasteiger partial charge in [-0.25, -0.2) is 0 Å². The third-order valence-electron chi connectivity index (χ3n) is 4.06. The van der Waals surface area contributed by atoms with Gasteiger partial charge in [-0.1, -0.05) is 35.9 Å². The molecule has 1 aliphatic rings. The summed E-state index contributed by atoms with van der Waals surface area (Å²) in [6, 6.07) is 11.0. The first-order valence-corrected chi connectivity index (χ1v) is 9.93. The molecule has 162 valence electrons. The van der Waals surface area contributed by atoms with Crippen molar-refractivity contribution >= 4 is 28.4 Å². The van der Waals surface area contributed by atoms with Crippen LogP contribution in [0.4, 0.5) is 18.9 Å². The Morgan fingerprint density at radius 1 is 1.13 bits per heavy atom. The minimum atomic E-state index is -4.45. The first-order chi connectivity index (χ1) is 14.2. The topological polar surface area (TPSA) is 61.7 Å². The van der Waals surface area contributed by atoms with E-state index >= 15 is 0 Å². The van der Waals surface area contributed by atoms with Crippen LogP contribution in [0.15, 0.2) is 60.6 Å². The predicted octanol–water partition coefficient (Wildman–Crippen LogP) is 5.23. The van der Waals surface area contributed by atoms with Crippen LogP contribution in [0.3, 0.4) is 0 Å². The van der Waals surface area contributed by atoms with Gasteiger partial charge in [-0.15, -0.1) is 24.9 Å². The number of hydrogen-bond acceptors (Lipinski definition) is 4. The lowest BCUT2D eigenvalue weighted by molar-refractivity contribution is -0.138. The zero-order valence-electron chi connectivity index (χ0n) is 17.1. The Bertz CT molecular complexity index is 881. The van der Waals surface area contributed by atoms with Gasteiger partial charge >= 0.3 is 6.18 Å². The first-order valence-electron chi connectivity index (χ1n) is 8.95. The number of nitrogens with one attached hydrogen (secondary N) is 1. The summed E-state index contributed by atoms with van der Waals surface area (Å²) in [6.45, 7) is 9.38. The molecule has 30 heavy (non-hydrogen) atoms. The number of aliphatic hydroxyl groups excluding tert-OH is 1. The SMILES string of the molecule is C=C.CO.Cc1ccc(C2=NC(C(=O)Nc3ccc(C)c(C(F)(F)F)c3)CS2)cc1. The summed E-state index contributed by atoms with van der Waals surface area (Å²) in [5.41, 5.74) is 1.56. The van der Waals surface area contributed by atoms with Crippen molar-refractivity contribution in [2.24, 2.45) is 4.99 Å². The van der Waals surface area contributed by atoms with Crippen LogP contribution in [0, 0.1) is 13.8 Å². The standard InChI is InChI=1S/C19H17F3N2OS.C2H4.CH4O/c1-11-3-6-13(7-4-11)18-24-16(10-26-18)17(25)23-14-8-5-12(2)15(9-14)19(20,21)22;2*1-2/h3-9,16H,10H2,1-2H3,(H,23,25);1-2H2;2H,1H3. The molecule has 0 saturated carbocycles. The highest BCUT2D eigenvalue weighted by atomic mass is 32.2. The van der Waals surface area contributed by atoms with E-state index in [4.69, 9.17) is 5.11 Å². The summed E-state index contributed by atoms with van der Waals surface area (Å²) in [4.78, 5) is 16.8. The summed E-state index contributed by atoms with van der Waals surface area (Å²) in [5, 5.41) is 10.3. The van der Waals surface area contributed by atoms with Crippen LogP contribution in [0.5, 0.6) is 0 Å². The van der Waals surface area contributed by atoms with Crippen molar-refractivity contribution in [2.45, 2.75) is 26.1 Å². The second-order valence-corrected chi connectivity index (χ2v) is 7.15. The second-order valence-electron chi connectivity index (χ2n) is 6.14. The van der Waals surface area contributed by atoms with E-state index in [0.29, 0.717) is 5.75 Å². The molecule has 0 aromatic heterocycles. The number of aliphatic hydroxyl groups is 1. The minimum absolute atomic E-state index is 0.117. The maximum atomic E-state index is 13.0. The maximum Gasteiger partial charge on any atom is 0.416 e. The van der Waals surface area contributed by atoms with Gasteiger partial charge in [-0.3, -0.25) is 9.79 Å². The number of carbonyl (C=O) groups excluding carboxylic acids is 1. The van der Waals surface area contributed by atoms with Crippen LogP contribution in [0.1, 0.15) is 22.3 Å². The Hall–Kier alpha value is -2.58. The number of hydrogen-bond donors (Lipinski definition) is 2. The van der Waals surface area contributed by atoms with Crippen LogP contribution in [0.2, 0.25) is 0 Å². The Balaban J connectivity index is 0.00000106. The van der Waals surface area contributed by atoms with Crippen molar-refractivity contribution in [1.29, 1.82) is 0 Å². The van der Waals surface area contributed by atoms with Crippen molar-refractivity contribution in [2.75, 3.05) is 18.2 Å². The van der Waals surface area contributed by atoms with Crippen LogP contribution < -0.4 is 5.32 Å². The number of carbonyl (C=O) groups is 1. The number of alkyl halides is 3. The molecule has 2 N–H and O–H groups in total. The zero-order chi connectivity index (χ0) is 22.9. The lowest BCUT2D eigenvalue weighted by Gasteiger charge is -2.13. The van der Waals surface area contributed by atoms with Gasteiger partial charge in [0.05, 0.1) is 10.6 Å². The van der Waals surface area contributed by atoms with Crippen molar-refractivity contribution in [3.8, 4) is 0 Å². The highest BCUT2D eigenvalue weighted by molar-refractivity contribution is 8.14. The average Bonchev–Trinajstić information content (AvgIpc) is 3.22. The Morgan fingerprint density at radius 3 is 2.30 bits per heavy atom. The number of benzene rings is 2. The van der Waals surface area contributed by atoms with Gasteiger partial charge in [0.2, 0.25) is 5.91 Å². The van der Waals surface area contributed by atoms with Crippen LogP contribution in [-0.2, 0) is 11.0 Å². The molecule has 1 unspecified atom stereocenters. The van der Waals surface area contributed by atoms with Gasteiger partial charge < -0.3 is 10.4 Å². The lowest BCUT2D eigenvalue weighted by atomic mass is 10.1. The van der Waals surface area contributed by atoms with Crippen molar-refractivity contribution in [3.05, 3.63) is 77.9 Å². The van der Waals surface area contributed by atoms with Gasteiger partial charge in [0.15, 0.2) is 0 Å². The fraction of sp³-hybridized carbons (Fsp3) is 0.273. The van der Waals surface area contributed by atoms with E-state index in [1.165, 1.54) is 30.8 Å². The van der Waals surface area contributed by atoms with E-state index in [-0.39, 0.29) is 11.3 Å². The molecule has 0 saturated heterocycles. The monoisotopic (exact) mass is 438 g/mol. The summed E-state index contributed by atoms with van der Waals surface area (Å²) in [6.07, 6.45) is -4.45. The number of aryl methyl sites for hydroxylation is 2. The molecule has 1 atom stereocenters. The van der Waals surface area contributed by atoms with E-state index in [0.717, 1.165) is 29.3 Å². The quantitative estimate of drug-likeness (QED) is 0.645. The summed E-state index contributed by atoms with van der Waals surface area (Å²) < 4.78 is 39.0. The second kappa shape index (κ2) is 11.6. The van der Waals surface area contributed by atoms with Crippen molar-refractivity contribution in [3.63, 3.8) is 0 Å². The van der Waals surface area contributed by atoms with E-state index in [1.54, 1.807) is 0 Å². The van der Waals surface area contributed by atoms with Gasteiger partial charge in [-0.05, 0) is 31.5 Å². The first kappa shape index (κ1) is 25.5. The summed E-state index contributed by atoms with van der Waals surface area (Å²) in [7, 11) is 1.00. The van der Waals surface area contributed by atoms with Crippen molar-refractivity contribution < 1.29 is 23.1 Å². The van der Waals surface area contributed by atoms with Crippen LogP contribution in [-0.4, -0.2) is 35.0 Å². The lowest BCUT2D eigenvalue weighted by Crippen LogP contribution is -2.26. The Labute approximate surface area is 178 Å². The molecule has 2 aromatic rings. The van der Waals surface area contributed by atoms with Gasteiger partial charge in [0.25, 0.3) is 0 Å². The average molecular weight is 439 g/mol. The molecule has 2 aromatic carbocycles. The molecule has 8 heteroatoms. The Morgan fingerprint density at radius 2 is 1.73 bits per heavy atom. The highest BCUT2D eigenvalue weighted by Crippen LogP contribution is 2.33. The molecule has 0 radical (unpaired) electrons. The highest BCUT2D eigenvalue weighted by Gasteiger charge is 2.33. The van der Waals surface area contributed by atoms with Crippen LogP contribution in [0.25, 0.3) is 0 Å². The summed E-state index contributed by atoms with van der Waals surface area (Å²) >= 11 is 1.47. The largest absolute Gasteiger partial charge is 0.416 e. The molecule has 0 spiro atoms. The fourth-order valence-electron chi connectivity index (χ4n) is 2.59. The molecule has 0 bridgehead atoms. The van der Waals surface area contributed by atoms with E-state index in [9.17, 15) is 18.0 Å². The fourth-order valence-corrected chi connectivity index (χ4v) is 3.64. The smallest absolute Gasteiger partial charge is 0.400 e. The van der Waals surface area contributed by atoms with Gasteiger partial charge in [0.1, 0.15) is 6.04 Å². The van der Waals surface area contributed by atoms with Gasteiger partial charge in [0, 0.05) is 24.1 Å². The minimum Gasteiger partial charge on any atom is -0.400 e. The number of nitrogens with zero attached hydrogens (tertiary/aromatic N) is 1. The molecular weight excluding hydrogens is 413 g/mol. The normalized spacial score (nSPS) is 15.2. The van der Waals surface area contributed by atoms with Crippen molar-refractivity contribution in [1.82, 2.24) is 0 Å².